The molecule has 0 spiro atoms. The molecular weight excluding hydrogens is 973 g/mol. The molecule has 0 saturated heterocycles. The van der Waals surface area contributed by atoms with Crippen LogP contribution in [0.4, 0.5) is 0 Å². The number of unbranched alkanes of at least 4 members (excludes halogenated alkanes) is 52. The highest BCUT2D eigenvalue weighted by Gasteiger charge is 2.19. The molecule has 0 N–H and O–H groups in total. The van der Waals surface area contributed by atoms with Crippen molar-refractivity contribution < 1.29 is 28.6 Å². The first kappa shape index (κ1) is 76.9. The van der Waals surface area contributed by atoms with Gasteiger partial charge in [0.1, 0.15) is 13.2 Å². The van der Waals surface area contributed by atoms with Gasteiger partial charge in [0.05, 0.1) is 0 Å². The van der Waals surface area contributed by atoms with E-state index in [4.69, 9.17) is 14.2 Å². The van der Waals surface area contributed by atoms with Crippen molar-refractivity contribution >= 4 is 17.9 Å². The Morgan fingerprint density at radius 1 is 0.253 bits per heavy atom. The van der Waals surface area contributed by atoms with Crippen LogP contribution in [0.5, 0.6) is 0 Å². The number of ether oxygens (including phenoxy) is 3. The van der Waals surface area contributed by atoms with Crippen LogP contribution in [-0.4, -0.2) is 37.2 Å². The lowest BCUT2D eigenvalue weighted by Crippen LogP contribution is -2.30. The molecule has 79 heavy (non-hydrogen) atoms. The summed E-state index contributed by atoms with van der Waals surface area (Å²) in [6, 6.07) is 0. The fourth-order valence-electron chi connectivity index (χ4n) is 11.1. The van der Waals surface area contributed by atoms with Crippen molar-refractivity contribution in [1.82, 2.24) is 0 Å². The summed E-state index contributed by atoms with van der Waals surface area (Å²) in [6.45, 7) is 6.71. The third-order valence-electron chi connectivity index (χ3n) is 16.5. The van der Waals surface area contributed by atoms with Gasteiger partial charge in [0.2, 0.25) is 0 Å². The van der Waals surface area contributed by atoms with Crippen molar-refractivity contribution in [3.8, 4) is 0 Å². The smallest absolute Gasteiger partial charge is 0.306 e. The van der Waals surface area contributed by atoms with Gasteiger partial charge in [0, 0.05) is 19.3 Å². The zero-order valence-electron chi connectivity index (χ0n) is 53.7. The van der Waals surface area contributed by atoms with Gasteiger partial charge in [-0.15, -0.1) is 0 Å². The SMILES string of the molecule is CCCCC/C=C\C/C=C\CCCCCCCCCCCC(=O)OC[C@H](COC(=O)CCCCCCCCCCCCCCCCCCCCCCC)OC(=O)CCCCCCCCCCCCCCCCCCCCCCC. The van der Waals surface area contributed by atoms with Gasteiger partial charge in [-0.05, 0) is 51.4 Å². The average Bonchev–Trinajstić information content (AvgIpc) is 3.45. The van der Waals surface area contributed by atoms with E-state index in [9.17, 15) is 14.4 Å². The number of carbonyl (C=O) groups is 3. The van der Waals surface area contributed by atoms with Crippen LogP contribution in [0.15, 0.2) is 24.3 Å². The summed E-state index contributed by atoms with van der Waals surface area (Å²) >= 11 is 0. The van der Waals surface area contributed by atoms with Gasteiger partial charge in [-0.25, -0.2) is 0 Å². The van der Waals surface area contributed by atoms with E-state index in [1.807, 2.05) is 0 Å². The molecule has 6 heteroatoms. The maximum Gasteiger partial charge on any atom is 0.306 e. The Bertz CT molecular complexity index is 1270. The van der Waals surface area contributed by atoms with Gasteiger partial charge in [0.15, 0.2) is 6.10 Å². The largest absolute Gasteiger partial charge is 0.462 e. The molecule has 6 nitrogen and oxygen atoms in total. The van der Waals surface area contributed by atoms with Crippen LogP contribution in [0, 0.1) is 0 Å². The van der Waals surface area contributed by atoms with E-state index in [2.05, 4.69) is 45.1 Å². The number of hydrogen-bond acceptors (Lipinski definition) is 6. The minimum atomic E-state index is -0.770. The van der Waals surface area contributed by atoms with Gasteiger partial charge in [-0.2, -0.15) is 0 Å². The summed E-state index contributed by atoms with van der Waals surface area (Å²) in [5, 5.41) is 0. The quantitative estimate of drug-likeness (QED) is 0.0261. The Hall–Kier alpha value is -2.11. The predicted octanol–water partition coefficient (Wildman–Crippen LogP) is 24.6. The Morgan fingerprint density at radius 2 is 0.456 bits per heavy atom. The lowest BCUT2D eigenvalue weighted by Gasteiger charge is -2.18. The molecule has 0 aliphatic rings. The van der Waals surface area contributed by atoms with Crippen LogP contribution in [0.1, 0.15) is 406 Å². The van der Waals surface area contributed by atoms with Gasteiger partial charge in [-0.1, -0.05) is 360 Å². The van der Waals surface area contributed by atoms with Crippen molar-refractivity contribution in [3.05, 3.63) is 24.3 Å². The highest BCUT2D eigenvalue weighted by Crippen LogP contribution is 2.19. The predicted molar refractivity (Wildman–Crippen MR) is 344 cm³/mol. The van der Waals surface area contributed by atoms with Crippen molar-refractivity contribution in [3.63, 3.8) is 0 Å². The van der Waals surface area contributed by atoms with Crippen molar-refractivity contribution in [1.29, 1.82) is 0 Å². The molecule has 0 aromatic carbocycles. The molecule has 0 saturated carbocycles. The summed E-state index contributed by atoms with van der Waals surface area (Å²) in [5.74, 6) is -0.834. The molecule has 0 fully saturated rings. The maximum absolute atomic E-state index is 13.0. The van der Waals surface area contributed by atoms with E-state index in [-0.39, 0.29) is 31.1 Å². The van der Waals surface area contributed by atoms with Crippen LogP contribution in [0.3, 0.4) is 0 Å². The van der Waals surface area contributed by atoms with E-state index in [1.54, 1.807) is 0 Å². The van der Waals surface area contributed by atoms with Gasteiger partial charge < -0.3 is 14.2 Å². The Morgan fingerprint density at radius 3 is 0.722 bits per heavy atom. The monoisotopic (exact) mass is 1110 g/mol. The lowest BCUT2D eigenvalue weighted by molar-refractivity contribution is -0.167. The summed E-state index contributed by atoms with van der Waals surface area (Å²) < 4.78 is 17.0. The number of esters is 3. The summed E-state index contributed by atoms with van der Waals surface area (Å²) in [5.41, 5.74) is 0. The second kappa shape index (κ2) is 68.4. The summed E-state index contributed by atoms with van der Waals surface area (Å²) in [7, 11) is 0. The first-order valence-corrected chi connectivity index (χ1v) is 35.8. The van der Waals surface area contributed by atoms with E-state index >= 15 is 0 Å². The Labute approximate surface area is 493 Å². The average molecular weight is 1110 g/mol. The molecule has 0 aliphatic heterocycles. The van der Waals surface area contributed by atoms with Crippen LogP contribution >= 0.6 is 0 Å². The fourth-order valence-corrected chi connectivity index (χ4v) is 11.1. The van der Waals surface area contributed by atoms with Gasteiger partial charge in [-0.3, -0.25) is 14.4 Å². The van der Waals surface area contributed by atoms with Crippen LogP contribution in [0.2, 0.25) is 0 Å². The van der Waals surface area contributed by atoms with Crippen LogP contribution in [-0.2, 0) is 28.6 Å². The normalized spacial score (nSPS) is 12.1. The zero-order valence-corrected chi connectivity index (χ0v) is 53.7. The third-order valence-corrected chi connectivity index (χ3v) is 16.5. The van der Waals surface area contributed by atoms with Crippen molar-refractivity contribution in [2.45, 2.75) is 412 Å². The molecule has 466 valence electrons. The zero-order chi connectivity index (χ0) is 57.1. The molecule has 0 radical (unpaired) electrons. The molecule has 0 bridgehead atoms. The first-order valence-electron chi connectivity index (χ1n) is 35.8. The third kappa shape index (κ3) is 66.6. The molecular formula is C73H138O6. The second-order valence-corrected chi connectivity index (χ2v) is 24.5. The van der Waals surface area contributed by atoms with E-state index < -0.39 is 6.10 Å². The molecule has 0 aromatic rings. The van der Waals surface area contributed by atoms with E-state index in [1.165, 1.54) is 302 Å². The molecule has 0 aliphatic carbocycles. The first-order chi connectivity index (χ1) is 39.0. The summed E-state index contributed by atoms with van der Waals surface area (Å²) in [4.78, 5) is 38.5. The number of allylic oxidation sites excluding steroid dienone is 4. The van der Waals surface area contributed by atoms with Gasteiger partial charge >= 0.3 is 17.9 Å². The minimum absolute atomic E-state index is 0.0655. The number of rotatable bonds is 67. The number of carbonyl (C=O) groups excluding carboxylic acids is 3. The second-order valence-electron chi connectivity index (χ2n) is 24.5. The van der Waals surface area contributed by atoms with Gasteiger partial charge in [0.25, 0.3) is 0 Å². The highest BCUT2D eigenvalue weighted by molar-refractivity contribution is 5.71. The molecule has 1 atom stereocenters. The lowest BCUT2D eigenvalue weighted by atomic mass is 10.0. The Kier molecular flexibility index (Phi) is 66.6. The molecule has 0 heterocycles. The molecule has 0 aromatic heterocycles. The topological polar surface area (TPSA) is 78.9 Å². The molecule has 0 rings (SSSR count). The number of hydrogen-bond donors (Lipinski definition) is 0. The van der Waals surface area contributed by atoms with Crippen LogP contribution < -0.4 is 0 Å². The van der Waals surface area contributed by atoms with Crippen molar-refractivity contribution in [2.24, 2.45) is 0 Å². The van der Waals surface area contributed by atoms with Crippen molar-refractivity contribution in [2.75, 3.05) is 13.2 Å². The maximum atomic E-state index is 13.0. The molecule has 0 unspecified atom stereocenters. The Balaban J connectivity index is 4.30. The highest BCUT2D eigenvalue weighted by atomic mass is 16.6. The van der Waals surface area contributed by atoms with E-state index in [0.29, 0.717) is 19.3 Å². The minimum Gasteiger partial charge on any atom is -0.462 e. The fraction of sp³-hybridized carbons (Fsp3) is 0.904. The molecule has 0 amide bonds. The standard InChI is InChI=1S/C73H138O6/c1-4-7-10-13-16-19-22-25-28-31-34-36-39-42-45-48-51-54-57-60-63-66-72(75)78-69-70(68-77-71(74)65-62-59-56-53-50-47-44-41-38-33-30-27-24-21-18-15-12-9-6-3)79-73(76)67-64-61-58-55-52-49-46-43-40-37-35-32-29-26-23-20-17-14-11-8-5-2/h18,21,27,30,70H,4-17,19-20,22-26,28-29,31-69H2,1-3H3/b21-18-,30-27-/t70-/m1/s1. The van der Waals surface area contributed by atoms with E-state index in [0.717, 1.165) is 64.2 Å². The van der Waals surface area contributed by atoms with Crippen LogP contribution in [0.25, 0.3) is 0 Å². The summed E-state index contributed by atoms with van der Waals surface area (Å²) in [6.07, 6.45) is 83.4.